The minimum absolute atomic E-state index is 0.00483. The number of halogens is 2. The van der Waals surface area contributed by atoms with Crippen molar-refractivity contribution in [1.29, 1.82) is 0 Å². The highest BCUT2D eigenvalue weighted by atomic mass is 35.5. The van der Waals surface area contributed by atoms with Crippen LogP contribution in [0.3, 0.4) is 0 Å². The molecule has 1 saturated carbocycles. The molecule has 2 atom stereocenters. The number of aromatic nitrogens is 1. The number of methoxy groups -OCH3 is 2. The summed E-state index contributed by atoms with van der Waals surface area (Å²) < 4.78 is 43.0. The van der Waals surface area contributed by atoms with Gasteiger partial charge in [0.1, 0.15) is 35.1 Å². The summed E-state index contributed by atoms with van der Waals surface area (Å²) in [4.78, 5) is 4.69. The van der Waals surface area contributed by atoms with Gasteiger partial charge in [-0.2, -0.15) is 0 Å². The zero-order chi connectivity index (χ0) is 29.7. The van der Waals surface area contributed by atoms with E-state index in [1.165, 1.54) is 19.2 Å². The maximum absolute atomic E-state index is 13.7. The Morgan fingerprint density at radius 1 is 1.05 bits per heavy atom. The Morgan fingerprint density at radius 3 is 2.52 bits per heavy atom. The molecule has 0 spiro atoms. The van der Waals surface area contributed by atoms with Gasteiger partial charge in [0.05, 0.1) is 24.9 Å². The van der Waals surface area contributed by atoms with Crippen LogP contribution in [0.15, 0.2) is 48.5 Å². The number of hydrogen-bond acceptors (Lipinski definition) is 7. The quantitative estimate of drug-likeness (QED) is 0.222. The van der Waals surface area contributed by atoms with Crippen LogP contribution in [0, 0.1) is 5.82 Å². The monoisotopic (exact) mass is 599 g/mol. The largest absolute Gasteiger partial charge is 0.494 e. The molecule has 2 aromatic carbocycles. The van der Waals surface area contributed by atoms with Gasteiger partial charge in [0.2, 0.25) is 0 Å². The van der Waals surface area contributed by atoms with E-state index >= 15 is 0 Å². The summed E-state index contributed by atoms with van der Waals surface area (Å²) in [7, 11) is 3.18. The van der Waals surface area contributed by atoms with E-state index in [-0.39, 0.29) is 16.9 Å². The Morgan fingerprint density at radius 2 is 1.83 bits per heavy atom. The Kier molecular flexibility index (Phi) is 9.57. The van der Waals surface area contributed by atoms with Crippen LogP contribution in [0.4, 0.5) is 4.39 Å². The van der Waals surface area contributed by atoms with E-state index in [2.05, 4.69) is 0 Å². The highest BCUT2D eigenvalue weighted by molar-refractivity contribution is 6.31. The lowest BCUT2D eigenvalue weighted by Crippen LogP contribution is -2.33. The van der Waals surface area contributed by atoms with Crippen LogP contribution in [0.25, 0.3) is 11.3 Å². The molecule has 1 N–H and O–H groups in total. The van der Waals surface area contributed by atoms with E-state index in [4.69, 9.17) is 40.3 Å². The molecule has 2 aliphatic rings. The highest BCUT2D eigenvalue weighted by Gasteiger charge is 2.47. The van der Waals surface area contributed by atoms with Gasteiger partial charge in [0, 0.05) is 12.2 Å². The molecule has 7 nitrogen and oxygen atoms in total. The molecule has 5 rings (SSSR count). The number of pyridine rings is 1. The molecular formula is C33H39ClFNO6. The predicted octanol–water partition coefficient (Wildman–Crippen LogP) is 7.24. The molecule has 42 heavy (non-hydrogen) atoms. The van der Waals surface area contributed by atoms with Crippen molar-refractivity contribution in [3.63, 3.8) is 0 Å². The molecule has 1 aromatic heterocycles. The van der Waals surface area contributed by atoms with Crippen LogP contribution >= 0.6 is 11.6 Å². The fourth-order valence-electron chi connectivity index (χ4n) is 5.24. The molecule has 0 radical (unpaired) electrons. The molecule has 2 heterocycles. The van der Waals surface area contributed by atoms with E-state index in [9.17, 15) is 9.50 Å². The zero-order valence-electron chi connectivity index (χ0n) is 24.5. The summed E-state index contributed by atoms with van der Waals surface area (Å²) in [6, 6.07) is 13.8. The maximum atomic E-state index is 13.7. The van der Waals surface area contributed by atoms with E-state index in [0.717, 1.165) is 50.7 Å². The van der Waals surface area contributed by atoms with Crippen molar-refractivity contribution >= 4 is 11.6 Å². The molecular weight excluding hydrogens is 561 g/mol. The summed E-state index contributed by atoms with van der Waals surface area (Å²) in [5.74, 6) is 1.35. The molecule has 2 fully saturated rings. The summed E-state index contributed by atoms with van der Waals surface area (Å²) in [6.07, 6.45) is 6.88. The number of rotatable bonds is 13. The van der Waals surface area contributed by atoms with Crippen molar-refractivity contribution in [2.24, 2.45) is 0 Å². The van der Waals surface area contributed by atoms with Gasteiger partial charge in [0.25, 0.3) is 0 Å². The van der Waals surface area contributed by atoms with Gasteiger partial charge < -0.3 is 28.8 Å². The lowest BCUT2D eigenvalue weighted by atomic mass is 9.92. The highest BCUT2D eigenvalue weighted by Crippen LogP contribution is 2.43. The van der Waals surface area contributed by atoms with Gasteiger partial charge in [-0.05, 0) is 106 Å². The van der Waals surface area contributed by atoms with E-state index < -0.39 is 11.4 Å². The Balaban J connectivity index is 1.19. The molecule has 9 heteroatoms. The maximum Gasteiger partial charge on any atom is 0.161 e. The average Bonchev–Trinajstić information content (AvgIpc) is 3.77. The second-order valence-electron chi connectivity index (χ2n) is 11.4. The smallest absolute Gasteiger partial charge is 0.161 e. The topological polar surface area (TPSA) is 79.3 Å². The molecule has 2 unspecified atom stereocenters. The molecule has 1 saturated heterocycles. The summed E-state index contributed by atoms with van der Waals surface area (Å²) in [6.45, 7) is 2.97. The first kappa shape index (κ1) is 30.5. The van der Waals surface area contributed by atoms with Gasteiger partial charge >= 0.3 is 0 Å². The first-order valence-electron chi connectivity index (χ1n) is 14.5. The minimum Gasteiger partial charge on any atom is -0.494 e. The summed E-state index contributed by atoms with van der Waals surface area (Å²) >= 11 is 6.00. The van der Waals surface area contributed by atoms with Gasteiger partial charge in [0.15, 0.2) is 17.8 Å². The van der Waals surface area contributed by atoms with Crippen LogP contribution in [0.1, 0.15) is 63.1 Å². The van der Waals surface area contributed by atoms with Crippen LogP contribution in [-0.2, 0) is 21.5 Å². The molecule has 0 amide bonds. The third-order valence-corrected chi connectivity index (χ3v) is 8.29. The van der Waals surface area contributed by atoms with Crippen molar-refractivity contribution in [3.05, 3.63) is 70.6 Å². The van der Waals surface area contributed by atoms with Gasteiger partial charge in [-0.25, -0.2) is 9.37 Å². The van der Waals surface area contributed by atoms with Crippen LogP contribution < -0.4 is 14.2 Å². The lowest BCUT2D eigenvalue weighted by Gasteiger charge is -2.28. The summed E-state index contributed by atoms with van der Waals surface area (Å²) in [5, 5.41) is 11.4. The summed E-state index contributed by atoms with van der Waals surface area (Å²) in [5.41, 5.74) is 1.20. The second kappa shape index (κ2) is 13.2. The molecule has 3 aromatic rings. The fourth-order valence-corrected chi connectivity index (χ4v) is 5.42. The van der Waals surface area contributed by atoms with Crippen molar-refractivity contribution in [3.8, 4) is 28.5 Å². The SMILES string of the molecule is COc1cc(CCCC(C)(O)c2ccc(OC)c(-c3ccc(F)c(Cl)c3)n2)ccc1OCC1(OC2CCCCO2)CC1. The molecule has 1 aliphatic carbocycles. The van der Waals surface area contributed by atoms with Crippen molar-refractivity contribution in [2.45, 2.75) is 75.8 Å². The van der Waals surface area contributed by atoms with Crippen LogP contribution in [-0.4, -0.2) is 49.4 Å². The third kappa shape index (κ3) is 7.35. The van der Waals surface area contributed by atoms with E-state index in [1.807, 2.05) is 18.2 Å². The average molecular weight is 600 g/mol. The number of nitrogens with zero attached hydrogens (tertiary/aromatic N) is 1. The van der Waals surface area contributed by atoms with Crippen molar-refractivity contribution < 1.29 is 33.2 Å². The third-order valence-electron chi connectivity index (χ3n) is 8.00. The molecule has 1 aliphatic heterocycles. The number of aryl methyl sites for hydroxylation is 1. The Hall–Kier alpha value is -2.91. The van der Waals surface area contributed by atoms with Crippen molar-refractivity contribution in [2.75, 3.05) is 27.4 Å². The molecule has 226 valence electrons. The standard InChI is InChI=1S/C33H39ClFNO6/c1-32(37,29-14-13-27(38-2)31(36-29)23-10-11-25(35)24(34)20-23)15-6-7-22-9-12-26(28(19-22)39-3)41-21-33(16-17-33)42-30-8-4-5-18-40-30/h9-14,19-20,30,37H,4-8,15-18,21H2,1-3H3. The van der Waals surface area contributed by atoms with Crippen LogP contribution in [0.2, 0.25) is 5.02 Å². The number of benzene rings is 2. The Bertz CT molecular complexity index is 1370. The van der Waals surface area contributed by atoms with E-state index in [0.29, 0.717) is 53.6 Å². The fraction of sp³-hybridized carbons (Fsp3) is 0.485. The second-order valence-corrected chi connectivity index (χ2v) is 11.8. The van der Waals surface area contributed by atoms with E-state index in [1.54, 1.807) is 32.2 Å². The van der Waals surface area contributed by atoms with Crippen LogP contribution in [0.5, 0.6) is 17.2 Å². The predicted molar refractivity (Wildman–Crippen MR) is 159 cm³/mol. The van der Waals surface area contributed by atoms with Gasteiger partial charge in [-0.15, -0.1) is 0 Å². The first-order valence-corrected chi connectivity index (χ1v) is 14.9. The number of ether oxygens (including phenoxy) is 5. The first-order chi connectivity index (χ1) is 20.2. The van der Waals surface area contributed by atoms with Crippen molar-refractivity contribution in [1.82, 2.24) is 4.98 Å². The normalized spacial score (nSPS) is 19.1. The van der Waals surface area contributed by atoms with Gasteiger partial charge in [-0.1, -0.05) is 17.7 Å². The number of hydrogen-bond donors (Lipinski definition) is 1. The Labute approximate surface area is 251 Å². The minimum atomic E-state index is -1.20. The number of aliphatic hydroxyl groups is 1. The zero-order valence-corrected chi connectivity index (χ0v) is 25.2. The molecule has 0 bridgehead atoms. The lowest BCUT2D eigenvalue weighted by molar-refractivity contribution is -0.202. The van der Waals surface area contributed by atoms with Gasteiger partial charge in [-0.3, -0.25) is 0 Å².